The summed E-state index contributed by atoms with van der Waals surface area (Å²) in [7, 11) is 0. The normalized spacial score (nSPS) is 11.5. The lowest BCUT2D eigenvalue weighted by molar-refractivity contribution is -0.129. The molecule has 7 heteroatoms. The van der Waals surface area contributed by atoms with Crippen molar-refractivity contribution in [3.05, 3.63) is 36.9 Å². The molecule has 1 aromatic heterocycles. The molecule has 2 rings (SSSR count). The molecule has 1 atom stereocenters. The Morgan fingerprint density at radius 2 is 2.17 bits per heavy atom. The number of rotatable bonds is 7. The molecule has 1 heterocycles. The van der Waals surface area contributed by atoms with Crippen LogP contribution in [0.2, 0.25) is 0 Å². The van der Waals surface area contributed by atoms with Crippen molar-refractivity contribution >= 4 is 11.6 Å². The first-order valence-electron chi connectivity index (χ1n) is 7.50. The molecular formula is C16H20N6O. The van der Waals surface area contributed by atoms with Crippen molar-refractivity contribution in [2.45, 2.75) is 13.8 Å². The number of amides is 1. The van der Waals surface area contributed by atoms with E-state index in [0.717, 1.165) is 11.4 Å². The number of hydrogen-bond donors (Lipinski definition) is 1. The van der Waals surface area contributed by atoms with E-state index in [1.165, 1.54) is 6.33 Å². The van der Waals surface area contributed by atoms with Gasteiger partial charge in [-0.15, -0.1) is 0 Å². The Morgan fingerprint density at radius 1 is 1.43 bits per heavy atom. The number of carbonyl (C=O) groups is 1. The standard InChI is InChI=1S/C16H20N6O/c1-3-21(10-13(2)8-17)16(23)9-19-14-4-6-15(7-5-14)22-12-18-11-20-22/h4-7,11-13,19H,3,9-10H2,1-2H3. The largest absolute Gasteiger partial charge is 0.376 e. The van der Waals surface area contributed by atoms with Crippen molar-refractivity contribution in [3.63, 3.8) is 0 Å². The Morgan fingerprint density at radius 3 is 2.74 bits per heavy atom. The molecule has 0 aliphatic heterocycles. The van der Waals surface area contributed by atoms with Crippen LogP contribution in [0.25, 0.3) is 5.69 Å². The summed E-state index contributed by atoms with van der Waals surface area (Å²) < 4.78 is 1.66. The molecule has 0 aliphatic carbocycles. The first-order valence-corrected chi connectivity index (χ1v) is 7.50. The van der Waals surface area contributed by atoms with Gasteiger partial charge in [0.25, 0.3) is 0 Å². The summed E-state index contributed by atoms with van der Waals surface area (Å²) in [6.07, 6.45) is 3.11. The van der Waals surface area contributed by atoms with Crippen LogP contribution >= 0.6 is 0 Å². The van der Waals surface area contributed by atoms with Gasteiger partial charge in [-0.3, -0.25) is 4.79 Å². The second-order valence-electron chi connectivity index (χ2n) is 5.20. The lowest BCUT2D eigenvalue weighted by atomic mass is 10.2. The maximum absolute atomic E-state index is 12.2. The van der Waals surface area contributed by atoms with E-state index in [9.17, 15) is 4.79 Å². The van der Waals surface area contributed by atoms with Crippen LogP contribution in [0.4, 0.5) is 5.69 Å². The van der Waals surface area contributed by atoms with Crippen LogP contribution in [0, 0.1) is 17.2 Å². The van der Waals surface area contributed by atoms with Crippen molar-refractivity contribution in [2.75, 3.05) is 25.0 Å². The molecule has 2 aromatic rings. The molecular weight excluding hydrogens is 292 g/mol. The van der Waals surface area contributed by atoms with Crippen molar-refractivity contribution in [2.24, 2.45) is 5.92 Å². The average Bonchev–Trinajstić information content (AvgIpc) is 3.12. The van der Waals surface area contributed by atoms with Crippen LogP contribution in [-0.2, 0) is 4.79 Å². The fourth-order valence-corrected chi connectivity index (χ4v) is 2.14. The third-order valence-electron chi connectivity index (χ3n) is 3.44. The first kappa shape index (κ1) is 16.5. The van der Waals surface area contributed by atoms with Crippen LogP contribution in [0.15, 0.2) is 36.9 Å². The Hall–Kier alpha value is -2.88. The molecule has 0 fully saturated rings. The van der Waals surface area contributed by atoms with E-state index in [4.69, 9.17) is 5.26 Å². The number of nitrogens with zero attached hydrogens (tertiary/aromatic N) is 5. The highest BCUT2D eigenvalue weighted by Gasteiger charge is 2.14. The van der Waals surface area contributed by atoms with Gasteiger partial charge in [0.15, 0.2) is 0 Å². The van der Waals surface area contributed by atoms with Crippen LogP contribution in [0.1, 0.15) is 13.8 Å². The molecule has 0 bridgehead atoms. The number of likely N-dealkylation sites (N-methyl/N-ethyl adjacent to an activating group) is 1. The Balaban J connectivity index is 1.90. The summed E-state index contributed by atoms with van der Waals surface area (Å²) in [5.74, 6) is -0.184. The minimum absolute atomic E-state index is 0.0186. The number of aromatic nitrogens is 3. The van der Waals surface area contributed by atoms with Crippen LogP contribution in [0.3, 0.4) is 0 Å². The third kappa shape index (κ3) is 4.54. The van der Waals surface area contributed by atoms with E-state index in [2.05, 4.69) is 21.5 Å². The highest BCUT2D eigenvalue weighted by Crippen LogP contribution is 2.12. The zero-order valence-electron chi connectivity index (χ0n) is 13.3. The van der Waals surface area contributed by atoms with Crippen LogP contribution in [0.5, 0.6) is 0 Å². The van der Waals surface area contributed by atoms with Gasteiger partial charge in [0.2, 0.25) is 5.91 Å². The lowest BCUT2D eigenvalue weighted by Gasteiger charge is -2.22. The zero-order valence-corrected chi connectivity index (χ0v) is 13.3. The molecule has 7 nitrogen and oxygen atoms in total. The summed E-state index contributed by atoms with van der Waals surface area (Å²) in [6.45, 7) is 4.98. The molecule has 23 heavy (non-hydrogen) atoms. The van der Waals surface area contributed by atoms with Gasteiger partial charge in [-0.05, 0) is 38.1 Å². The molecule has 0 saturated heterocycles. The third-order valence-corrected chi connectivity index (χ3v) is 3.44. The van der Waals surface area contributed by atoms with Crippen molar-refractivity contribution < 1.29 is 4.79 Å². The number of nitriles is 1. The fraction of sp³-hybridized carbons (Fsp3) is 0.375. The molecule has 1 N–H and O–H groups in total. The average molecular weight is 312 g/mol. The van der Waals surface area contributed by atoms with Crippen LogP contribution in [-0.4, -0.2) is 45.2 Å². The molecule has 1 amide bonds. The molecule has 0 aliphatic rings. The van der Waals surface area contributed by atoms with Gasteiger partial charge in [-0.1, -0.05) is 0 Å². The van der Waals surface area contributed by atoms with E-state index >= 15 is 0 Å². The van der Waals surface area contributed by atoms with Gasteiger partial charge < -0.3 is 10.2 Å². The predicted molar refractivity (Wildman–Crippen MR) is 86.9 cm³/mol. The van der Waals surface area contributed by atoms with Gasteiger partial charge in [0.1, 0.15) is 12.7 Å². The minimum Gasteiger partial charge on any atom is -0.376 e. The maximum Gasteiger partial charge on any atom is 0.241 e. The Kier molecular flexibility index (Phi) is 5.69. The molecule has 120 valence electrons. The molecule has 0 spiro atoms. The minimum atomic E-state index is -0.166. The molecule has 0 saturated carbocycles. The highest BCUT2D eigenvalue weighted by molar-refractivity contribution is 5.80. The summed E-state index contributed by atoms with van der Waals surface area (Å²) >= 11 is 0. The SMILES string of the molecule is CCN(CC(C)C#N)C(=O)CNc1ccc(-n2cncn2)cc1. The predicted octanol–water partition coefficient (Wildman–Crippen LogP) is 1.69. The maximum atomic E-state index is 12.2. The van der Waals surface area contributed by atoms with Crippen molar-refractivity contribution in [3.8, 4) is 11.8 Å². The van der Waals surface area contributed by atoms with Crippen LogP contribution < -0.4 is 5.32 Å². The summed E-state index contributed by atoms with van der Waals surface area (Å²) in [5.41, 5.74) is 1.75. The zero-order chi connectivity index (χ0) is 16.7. The Bertz CT molecular complexity index is 659. The first-order chi connectivity index (χ1) is 11.1. The molecule has 1 unspecified atom stereocenters. The van der Waals surface area contributed by atoms with E-state index < -0.39 is 0 Å². The smallest absolute Gasteiger partial charge is 0.241 e. The van der Waals surface area contributed by atoms with E-state index in [1.807, 2.05) is 38.1 Å². The summed E-state index contributed by atoms with van der Waals surface area (Å²) in [4.78, 5) is 17.8. The van der Waals surface area contributed by atoms with E-state index in [1.54, 1.807) is 15.9 Å². The van der Waals surface area contributed by atoms with Crippen molar-refractivity contribution in [1.82, 2.24) is 19.7 Å². The summed E-state index contributed by atoms with van der Waals surface area (Å²) in [6, 6.07) is 9.72. The van der Waals surface area contributed by atoms with Gasteiger partial charge in [-0.2, -0.15) is 10.4 Å². The van der Waals surface area contributed by atoms with E-state index in [0.29, 0.717) is 13.1 Å². The van der Waals surface area contributed by atoms with Gasteiger partial charge in [0, 0.05) is 18.8 Å². The Labute approximate surface area is 135 Å². The number of anilines is 1. The van der Waals surface area contributed by atoms with E-state index in [-0.39, 0.29) is 18.4 Å². The van der Waals surface area contributed by atoms with Crippen molar-refractivity contribution in [1.29, 1.82) is 5.26 Å². The second-order valence-corrected chi connectivity index (χ2v) is 5.20. The molecule has 1 aromatic carbocycles. The lowest BCUT2D eigenvalue weighted by Crippen LogP contribution is -2.38. The number of nitrogens with one attached hydrogen (secondary N) is 1. The van der Waals surface area contributed by atoms with Gasteiger partial charge in [0.05, 0.1) is 24.2 Å². The number of benzene rings is 1. The highest BCUT2D eigenvalue weighted by atomic mass is 16.2. The fourth-order valence-electron chi connectivity index (χ4n) is 2.14. The van der Waals surface area contributed by atoms with Gasteiger partial charge in [-0.25, -0.2) is 9.67 Å². The second kappa shape index (κ2) is 7.94. The monoisotopic (exact) mass is 312 g/mol. The van der Waals surface area contributed by atoms with Gasteiger partial charge >= 0.3 is 0 Å². The number of hydrogen-bond acceptors (Lipinski definition) is 5. The number of carbonyl (C=O) groups excluding carboxylic acids is 1. The summed E-state index contributed by atoms with van der Waals surface area (Å²) in [5, 5.41) is 16.0. The quantitative estimate of drug-likeness (QED) is 0.840. The topological polar surface area (TPSA) is 86.8 Å². The molecule has 0 radical (unpaired) electrons.